The Morgan fingerprint density at radius 2 is 1.54 bits per heavy atom. The molecule has 3 aromatic rings. The Balaban J connectivity index is 2.21. The quantitative estimate of drug-likeness (QED) is 0.285. The molecule has 0 radical (unpaired) electrons. The van der Waals surface area contributed by atoms with E-state index >= 15 is 0 Å². The number of rotatable bonds is 4. The lowest BCUT2D eigenvalue weighted by molar-refractivity contribution is 0.102. The maximum Gasteiger partial charge on any atom is 0.202 e. The van der Waals surface area contributed by atoms with Crippen LogP contribution in [0, 0.1) is 29.1 Å². The Morgan fingerprint density at radius 1 is 0.923 bits per heavy atom. The predicted octanol–water partition coefficient (Wildman–Crippen LogP) is 4.88. The van der Waals surface area contributed by atoms with E-state index in [1.807, 2.05) is 0 Å². The Kier molecular flexibility index (Phi) is 4.50. The molecule has 0 N–H and O–H groups in total. The van der Waals surface area contributed by atoms with Gasteiger partial charge in [0.1, 0.15) is 17.1 Å². The molecule has 1 aromatic heterocycles. The molecule has 0 saturated carbocycles. The molecule has 134 valence electrons. The number of benzene rings is 2. The van der Waals surface area contributed by atoms with Gasteiger partial charge in [0.2, 0.25) is 11.6 Å². The molecule has 0 unspecified atom stereocenters. The molecule has 0 saturated heterocycles. The van der Waals surface area contributed by atoms with Gasteiger partial charge in [-0.15, -0.1) is 0 Å². The Hall–Kier alpha value is -3.16. The van der Waals surface area contributed by atoms with Gasteiger partial charge in [-0.2, -0.15) is 0 Å². The highest BCUT2D eigenvalue weighted by Crippen LogP contribution is 2.31. The van der Waals surface area contributed by atoms with E-state index in [9.17, 15) is 26.7 Å². The van der Waals surface area contributed by atoms with Gasteiger partial charge < -0.3 is 9.15 Å². The second-order valence-electron chi connectivity index (χ2n) is 5.17. The van der Waals surface area contributed by atoms with Crippen LogP contribution in [-0.2, 0) is 0 Å². The highest BCUT2D eigenvalue weighted by molar-refractivity contribution is 6.11. The van der Waals surface area contributed by atoms with E-state index in [2.05, 4.69) is 0 Å². The Labute approximate surface area is 143 Å². The first-order chi connectivity index (χ1) is 12.4. The van der Waals surface area contributed by atoms with Crippen molar-refractivity contribution < 1.29 is 35.9 Å². The van der Waals surface area contributed by atoms with Crippen molar-refractivity contribution in [2.45, 2.75) is 0 Å². The Bertz CT molecular complexity index is 968. The maximum atomic E-state index is 13.9. The lowest BCUT2D eigenvalue weighted by atomic mass is 9.98. The summed E-state index contributed by atoms with van der Waals surface area (Å²) in [4.78, 5) is 12.6. The molecule has 3 rings (SSSR count). The summed E-state index contributed by atoms with van der Waals surface area (Å²) in [6.07, 6.45) is 1.37. The van der Waals surface area contributed by atoms with Crippen molar-refractivity contribution in [1.29, 1.82) is 0 Å². The van der Waals surface area contributed by atoms with Crippen LogP contribution < -0.4 is 4.74 Å². The van der Waals surface area contributed by atoms with Crippen LogP contribution >= 0.6 is 0 Å². The number of methoxy groups -OCH3 is 1. The first-order valence-electron chi connectivity index (χ1n) is 7.14. The molecule has 1 heterocycles. The molecule has 0 fully saturated rings. The lowest BCUT2D eigenvalue weighted by Crippen LogP contribution is -2.14. The van der Waals surface area contributed by atoms with Crippen LogP contribution in [0.5, 0.6) is 5.75 Å². The highest BCUT2D eigenvalue weighted by atomic mass is 19.2. The average molecular weight is 368 g/mol. The van der Waals surface area contributed by atoms with Gasteiger partial charge in [0.15, 0.2) is 23.3 Å². The third kappa shape index (κ3) is 2.73. The van der Waals surface area contributed by atoms with Crippen molar-refractivity contribution in [2.75, 3.05) is 7.11 Å². The third-order valence-corrected chi connectivity index (χ3v) is 3.69. The lowest BCUT2D eigenvalue weighted by Gasteiger charge is -2.11. The van der Waals surface area contributed by atoms with Crippen molar-refractivity contribution in [3.05, 3.63) is 76.8 Å². The van der Waals surface area contributed by atoms with E-state index in [4.69, 9.17) is 9.15 Å². The van der Waals surface area contributed by atoms with Crippen LogP contribution in [0.25, 0.3) is 11.3 Å². The smallest absolute Gasteiger partial charge is 0.202 e. The minimum absolute atomic E-state index is 0.103. The second-order valence-corrected chi connectivity index (χ2v) is 5.17. The second kappa shape index (κ2) is 6.62. The molecule has 0 bridgehead atoms. The van der Waals surface area contributed by atoms with Crippen molar-refractivity contribution in [1.82, 2.24) is 0 Å². The van der Waals surface area contributed by atoms with Gasteiger partial charge in [-0.25, -0.2) is 22.0 Å². The number of halogens is 5. The number of carbonyl (C=O) groups excluding carboxylic acids is 1. The molecule has 0 aliphatic carbocycles. The number of furan rings is 1. The minimum atomic E-state index is -2.34. The SMILES string of the molecule is COc1ccc(-c2ccco2)cc1C(=O)c1c(F)c(F)c(F)c(F)c1F. The summed E-state index contributed by atoms with van der Waals surface area (Å²) >= 11 is 0. The summed E-state index contributed by atoms with van der Waals surface area (Å²) in [5.41, 5.74) is -1.59. The standard InChI is InChI=1S/C18H9F5O3/c1-25-11-5-4-8(10-3-2-6-26-10)7-9(11)18(24)12-13(19)15(21)17(23)16(22)14(12)20/h2-7H,1H3. The predicted molar refractivity (Wildman–Crippen MR) is 80.4 cm³/mol. The molecular weight excluding hydrogens is 359 g/mol. The molecule has 3 nitrogen and oxygen atoms in total. The van der Waals surface area contributed by atoms with Gasteiger partial charge in [-0.1, -0.05) is 0 Å². The van der Waals surface area contributed by atoms with Crippen LogP contribution in [0.3, 0.4) is 0 Å². The number of ketones is 1. The first-order valence-corrected chi connectivity index (χ1v) is 7.14. The molecule has 0 amide bonds. The normalized spacial score (nSPS) is 10.8. The summed E-state index contributed by atoms with van der Waals surface area (Å²) in [6.45, 7) is 0. The summed E-state index contributed by atoms with van der Waals surface area (Å²) in [5.74, 6) is -12.3. The summed E-state index contributed by atoms with van der Waals surface area (Å²) < 4.78 is 78.0. The van der Waals surface area contributed by atoms with Crippen molar-refractivity contribution in [3.63, 3.8) is 0 Å². The van der Waals surface area contributed by atoms with Crippen molar-refractivity contribution in [3.8, 4) is 17.1 Å². The average Bonchev–Trinajstić information content (AvgIpc) is 3.19. The fourth-order valence-corrected chi connectivity index (χ4v) is 2.42. The highest BCUT2D eigenvalue weighted by Gasteiger charge is 2.31. The molecule has 8 heteroatoms. The number of carbonyl (C=O) groups is 1. The zero-order valence-corrected chi connectivity index (χ0v) is 13.1. The number of hydrogen-bond donors (Lipinski definition) is 0. The largest absolute Gasteiger partial charge is 0.496 e. The monoisotopic (exact) mass is 368 g/mol. The van der Waals surface area contributed by atoms with Gasteiger partial charge in [-0.05, 0) is 30.3 Å². The van der Waals surface area contributed by atoms with Gasteiger partial charge in [0.05, 0.1) is 18.9 Å². The van der Waals surface area contributed by atoms with Crippen LogP contribution in [-0.4, -0.2) is 12.9 Å². The van der Waals surface area contributed by atoms with Gasteiger partial charge in [0.25, 0.3) is 0 Å². The first kappa shape index (κ1) is 17.7. The van der Waals surface area contributed by atoms with Crippen LogP contribution in [0.1, 0.15) is 15.9 Å². The molecular formula is C18H9F5O3. The molecule has 0 atom stereocenters. The van der Waals surface area contributed by atoms with Crippen LogP contribution in [0.2, 0.25) is 0 Å². The van der Waals surface area contributed by atoms with E-state index in [0.717, 1.165) is 0 Å². The zero-order chi connectivity index (χ0) is 19.0. The molecule has 0 spiro atoms. The van der Waals surface area contributed by atoms with Crippen molar-refractivity contribution >= 4 is 5.78 Å². The third-order valence-electron chi connectivity index (χ3n) is 3.69. The van der Waals surface area contributed by atoms with E-state index in [-0.39, 0.29) is 11.3 Å². The minimum Gasteiger partial charge on any atom is -0.496 e. The summed E-state index contributed by atoms with van der Waals surface area (Å²) in [6, 6.07) is 7.14. The topological polar surface area (TPSA) is 39.4 Å². The van der Waals surface area contributed by atoms with Gasteiger partial charge in [-0.3, -0.25) is 4.79 Å². The molecule has 0 aliphatic heterocycles. The van der Waals surface area contributed by atoms with Crippen LogP contribution in [0.4, 0.5) is 22.0 Å². The zero-order valence-electron chi connectivity index (χ0n) is 13.1. The van der Waals surface area contributed by atoms with Gasteiger partial charge >= 0.3 is 0 Å². The van der Waals surface area contributed by atoms with Crippen molar-refractivity contribution in [2.24, 2.45) is 0 Å². The summed E-state index contributed by atoms with van der Waals surface area (Å²) in [7, 11) is 1.19. The number of hydrogen-bond acceptors (Lipinski definition) is 3. The fraction of sp³-hybridized carbons (Fsp3) is 0.0556. The van der Waals surface area contributed by atoms with E-state index in [1.165, 1.54) is 31.6 Å². The van der Waals surface area contributed by atoms with E-state index < -0.39 is 40.4 Å². The molecule has 2 aromatic carbocycles. The maximum absolute atomic E-state index is 13.9. The van der Waals surface area contributed by atoms with E-state index in [1.54, 1.807) is 12.1 Å². The summed E-state index contributed by atoms with van der Waals surface area (Å²) in [5, 5.41) is 0. The van der Waals surface area contributed by atoms with Crippen LogP contribution in [0.15, 0.2) is 41.0 Å². The van der Waals surface area contributed by atoms with E-state index in [0.29, 0.717) is 11.3 Å². The number of ether oxygens (including phenoxy) is 1. The fourth-order valence-electron chi connectivity index (χ4n) is 2.42. The molecule has 26 heavy (non-hydrogen) atoms. The Morgan fingerprint density at radius 3 is 2.08 bits per heavy atom. The molecule has 0 aliphatic rings. The van der Waals surface area contributed by atoms with Gasteiger partial charge in [0, 0.05) is 5.56 Å².